The van der Waals surface area contributed by atoms with Crippen molar-refractivity contribution in [3.63, 3.8) is 0 Å². The summed E-state index contributed by atoms with van der Waals surface area (Å²) in [5.41, 5.74) is 10.0. The molecule has 0 aromatic heterocycles. The second kappa shape index (κ2) is 12.4. The van der Waals surface area contributed by atoms with Gasteiger partial charge < -0.3 is 20.6 Å². The highest BCUT2D eigenvalue weighted by Gasteiger charge is 2.41. The van der Waals surface area contributed by atoms with Gasteiger partial charge in [0.1, 0.15) is 5.84 Å². The van der Waals surface area contributed by atoms with Crippen molar-refractivity contribution in [2.24, 2.45) is 11.7 Å². The van der Waals surface area contributed by atoms with Crippen molar-refractivity contribution in [2.75, 3.05) is 18.0 Å². The molecule has 4 N–H and O–H groups in total. The molecule has 3 aromatic carbocycles. The fourth-order valence-electron chi connectivity index (χ4n) is 5.22. The summed E-state index contributed by atoms with van der Waals surface area (Å²) >= 11 is 0. The van der Waals surface area contributed by atoms with Gasteiger partial charge in [0.05, 0.1) is 18.4 Å². The summed E-state index contributed by atoms with van der Waals surface area (Å²) in [6.45, 7) is 2.31. The Morgan fingerprint density at radius 3 is 2.18 bits per heavy atom. The van der Waals surface area contributed by atoms with Crippen molar-refractivity contribution in [3.8, 4) is 11.1 Å². The number of aliphatic carboxylic acids is 1. The molecule has 1 fully saturated rings. The molecule has 0 saturated carbocycles. The Labute approximate surface area is 228 Å². The van der Waals surface area contributed by atoms with E-state index in [0.717, 1.165) is 24.0 Å². The first kappa shape index (κ1) is 27.6. The number of hydrogen-bond donors (Lipinski definition) is 3. The first-order valence-corrected chi connectivity index (χ1v) is 13.1. The van der Waals surface area contributed by atoms with E-state index in [1.165, 1.54) is 12.5 Å². The van der Waals surface area contributed by atoms with E-state index in [1.54, 1.807) is 21.9 Å². The molecule has 4 rings (SSSR count). The number of carboxylic acid groups (broad SMARTS) is 1. The molecule has 1 heterocycles. The maximum Gasteiger partial charge on any atom is 0.304 e. The molecule has 0 spiro atoms. The Morgan fingerprint density at radius 1 is 1.00 bits per heavy atom. The Morgan fingerprint density at radius 2 is 1.62 bits per heavy atom. The molecule has 2 atom stereocenters. The van der Waals surface area contributed by atoms with Crippen LogP contribution in [-0.2, 0) is 20.8 Å². The molecule has 0 bridgehead atoms. The van der Waals surface area contributed by atoms with Crippen LogP contribution in [0.15, 0.2) is 78.9 Å². The normalized spacial score (nSPS) is 16.7. The van der Waals surface area contributed by atoms with Gasteiger partial charge in [0.25, 0.3) is 0 Å². The number of rotatable bonds is 11. The number of aryl methyl sites for hydroxylation is 1. The largest absolute Gasteiger partial charge is 0.481 e. The van der Waals surface area contributed by atoms with E-state index < -0.39 is 11.9 Å². The fourth-order valence-corrected chi connectivity index (χ4v) is 5.22. The summed E-state index contributed by atoms with van der Waals surface area (Å²) in [6, 6.07) is 24.8. The van der Waals surface area contributed by atoms with Crippen molar-refractivity contribution in [1.29, 1.82) is 5.41 Å². The van der Waals surface area contributed by atoms with Crippen molar-refractivity contribution in [1.82, 2.24) is 4.90 Å². The summed E-state index contributed by atoms with van der Waals surface area (Å²) in [5.74, 6) is -1.86. The van der Waals surface area contributed by atoms with Gasteiger partial charge in [-0.05, 0) is 48.1 Å². The number of carbonyl (C=O) groups excluding carboxylic acids is 2. The van der Waals surface area contributed by atoms with Gasteiger partial charge in [0.2, 0.25) is 11.8 Å². The van der Waals surface area contributed by atoms with Gasteiger partial charge in [-0.15, -0.1) is 0 Å². The van der Waals surface area contributed by atoms with Crippen LogP contribution in [0.2, 0.25) is 0 Å². The summed E-state index contributed by atoms with van der Waals surface area (Å²) in [4.78, 5) is 40.8. The van der Waals surface area contributed by atoms with Gasteiger partial charge in [-0.1, -0.05) is 66.7 Å². The first-order chi connectivity index (χ1) is 18.7. The van der Waals surface area contributed by atoms with Gasteiger partial charge in [-0.25, -0.2) is 0 Å². The highest BCUT2D eigenvalue weighted by atomic mass is 16.4. The van der Waals surface area contributed by atoms with Gasteiger partial charge in [-0.3, -0.25) is 19.8 Å². The Hall–Kier alpha value is -4.46. The maximum atomic E-state index is 13.2. The van der Waals surface area contributed by atoms with E-state index in [2.05, 4.69) is 12.1 Å². The number of nitrogen functional groups attached to an aromatic ring is 1. The molecule has 1 aliphatic heterocycles. The number of likely N-dealkylation sites (tertiary alicyclic amines) is 1. The SMILES string of the molecule is CC(=O)N(C[C@@H]1C[C@@H](CC(=O)O)C(=O)N1CCCc1ccccc1)c1ccc(-c2ccc(C(=N)N)cc2)cc1. The molecule has 1 saturated heterocycles. The summed E-state index contributed by atoms with van der Waals surface area (Å²) in [7, 11) is 0. The summed E-state index contributed by atoms with van der Waals surface area (Å²) in [6.07, 6.45) is 1.76. The predicted molar refractivity (Wildman–Crippen MR) is 152 cm³/mol. The van der Waals surface area contributed by atoms with E-state index in [9.17, 15) is 19.5 Å². The molecule has 39 heavy (non-hydrogen) atoms. The van der Waals surface area contributed by atoms with Gasteiger partial charge >= 0.3 is 5.97 Å². The minimum atomic E-state index is -0.992. The van der Waals surface area contributed by atoms with Crippen LogP contribution in [-0.4, -0.2) is 52.8 Å². The summed E-state index contributed by atoms with van der Waals surface area (Å²) < 4.78 is 0. The lowest BCUT2D eigenvalue weighted by Gasteiger charge is -2.30. The number of hydrogen-bond acceptors (Lipinski definition) is 4. The molecule has 8 nitrogen and oxygen atoms in total. The van der Waals surface area contributed by atoms with Crippen molar-refractivity contribution in [2.45, 2.75) is 38.6 Å². The minimum Gasteiger partial charge on any atom is -0.481 e. The third-order valence-corrected chi connectivity index (χ3v) is 7.24. The van der Waals surface area contributed by atoms with Gasteiger partial charge in [0, 0.05) is 31.3 Å². The standard InChI is InChI=1S/C31H34N4O4/c1-21(36)35(27-15-13-24(14-16-27)23-9-11-25(12-10-23)30(32)33)20-28-18-26(19-29(37)38)31(39)34(28)17-5-8-22-6-3-2-4-7-22/h2-4,6-7,9-16,26,28H,5,8,17-20H2,1H3,(H3,32,33)(H,37,38)/t26-,28-/m0/s1. The lowest BCUT2D eigenvalue weighted by Crippen LogP contribution is -2.44. The quantitative estimate of drug-likeness (QED) is 0.253. The van der Waals surface area contributed by atoms with E-state index in [1.807, 2.05) is 54.6 Å². The molecule has 202 valence electrons. The second-order valence-corrected chi connectivity index (χ2v) is 9.97. The van der Waals surface area contributed by atoms with Crippen LogP contribution < -0.4 is 10.6 Å². The van der Waals surface area contributed by atoms with Crippen molar-refractivity contribution < 1.29 is 19.5 Å². The molecule has 0 radical (unpaired) electrons. The number of nitrogens with zero attached hydrogens (tertiary/aromatic N) is 2. The van der Waals surface area contributed by atoms with Gasteiger partial charge in [0.15, 0.2) is 0 Å². The highest BCUT2D eigenvalue weighted by Crippen LogP contribution is 2.31. The number of nitrogens with one attached hydrogen (secondary N) is 1. The fraction of sp³-hybridized carbons (Fsp3) is 0.290. The minimum absolute atomic E-state index is 0.0131. The number of amides is 2. The van der Waals surface area contributed by atoms with Crippen LogP contribution in [0.3, 0.4) is 0 Å². The molecule has 1 aliphatic rings. The zero-order valence-electron chi connectivity index (χ0n) is 22.0. The topological polar surface area (TPSA) is 128 Å². The number of amidine groups is 1. The van der Waals surface area contributed by atoms with Crippen LogP contribution in [0.25, 0.3) is 11.1 Å². The van der Waals surface area contributed by atoms with Crippen molar-refractivity contribution >= 4 is 29.3 Å². The van der Waals surface area contributed by atoms with E-state index in [4.69, 9.17) is 11.1 Å². The van der Waals surface area contributed by atoms with E-state index >= 15 is 0 Å². The third kappa shape index (κ3) is 6.90. The van der Waals surface area contributed by atoms with Gasteiger partial charge in [-0.2, -0.15) is 0 Å². The Kier molecular flexibility index (Phi) is 8.76. The van der Waals surface area contributed by atoms with Crippen LogP contribution >= 0.6 is 0 Å². The molecule has 0 aliphatic carbocycles. The number of anilines is 1. The number of carboxylic acids is 1. The monoisotopic (exact) mass is 526 g/mol. The molecule has 0 unspecified atom stereocenters. The Bertz CT molecular complexity index is 1320. The molecule has 2 amide bonds. The van der Waals surface area contributed by atoms with Crippen LogP contribution in [0.5, 0.6) is 0 Å². The third-order valence-electron chi connectivity index (χ3n) is 7.24. The first-order valence-electron chi connectivity index (χ1n) is 13.1. The van der Waals surface area contributed by atoms with Crippen LogP contribution in [0.4, 0.5) is 5.69 Å². The van der Waals surface area contributed by atoms with Crippen molar-refractivity contribution in [3.05, 3.63) is 90.0 Å². The number of carbonyl (C=O) groups is 3. The Balaban J connectivity index is 1.49. The van der Waals surface area contributed by atoms with E-state index in [0.29, 0.717) is 30.8 Å². The average Bonchev–Trinajstić information content (AvgIpc) is 3.21. The van der Waals surface area contributed by atoms with E-state index in [-0.39, 0.29) is 30.1 Å². The molecule has 8 heteroatoms. The zero-order valence-corrected chi connectivity index (χ0v) is 22.0. The average molecular weight is 527 g/mol. The number of benzene rings is 3. The molecule has 3 aromatic rings. The zero-order chi connectivity index (χ0) is 27.9. The lowest BCUT2D eigenvalue weighted by molar-refractivity contribution is -0.142. The molecular weight excluding hydrogens is 492 g/mol. The number of nitrogens with two attached hydrogens (primary N) is 1. The predicted octanol–water partition coefficient (Wildman–Crippen LogP) is 4.32. The molecular formula is C31H34N4O4. The lowest BCUT2D eigenvalue weighted by atomic mass is 10.0. The second-order valence-electron chi connectivity index (χ2n) is 9.97. The summed E-state index contributed by atoms with van der Waals surface area (Å²) in [5, 5.41) is 16.9. The highest BCUT2D eigenvalue weighted by molar-refractivity contribution is 5.95. The van der Waals surface area contributed by atoms with Crippen LogP contribution in [0, 0.1) is 11.3 Å². The smallest absolute Gasteiger partial charge is 0.304 e. The maximum absolute atomic E-state index is 13.2. The van der Waals surface area contributed by atoms with Crippen LogP contribution in [0.1, 0.15) is 37.3 Å².